The maximum Gasteiger partial charge on any atom is 0.335 e. The molecule has 1 saturated heterocycles. The number of aliphatic carboxylic acids is 1. The van der Waals surface area contributed by atoms with Crippen molar-refractivity contribution in [2.75, 3.05) is 46.8 Å². The molecule has 4 rings (SSSR count). The Labute approximate surface area is 251 Å². The number of carbonyl (C=O) groups is 1. The van der Waals surface area contributed by atoms with E-state index in [1.165, 1.54) is 15.4 Å². The number of piperazine rings is 1. The summed E-state index contributed by atoms with van der Waals surface area (Å²) in [6.07, 6.45) is 5.31. The molecule has 1 atom stereocenters. The van der Waals surface area contributed by atoms with E-state index in [2.05, 4.69) is 64.6 Å². The third-order valence-electron chi connectivity index (χ3n) is 8.10. The lowest BCUT2D eigenvalue weighted by atomic mass is 10.0. The normalized spacial score (nSPS) is 18.7. The van der Waals surface area contributed by atoms with Gasteiger partial charge in [0.1, 0.15) is 6.17 Å². The van der Waals surface area contributed by atoms with Crippen LogP contribution >= 0.6 is 0 Å². The van der Waals surface area contributed by atoms with Crippen LogP contribution in [0.2, 0.25) is 0 Å². The van der Waals surface area contributed by atoms with Gasteiger partial charge in [0.05, 0.1) is 10.5 Å². The summed E-state index contributed by atoms with van der Waals surface area (Å²) in [4.78, 5) is 21.4. The molecule has 1 N–H and O–H groups in total. The van der Waals surface area contributed by atoms with Gasteiger partial charge in [0.25, 0.3) is 0 Å². The van der Waals surface area contributed by atoms with Gasteiger partial charge in [0, 0.05) is 72.2 Å². The molecule has 9 nitrogen and oxygen atoms in total. The number of nitrogens with zero attached hydrogens (tertiary/aromatic N) is 5. The maximum atomic E-state index is 12.8. The molecule has 1 unspecified atom stereocenters. The number of carboxylic acid groups (broad SMARTS) is 1. The first-order valence-corrected chi connectivity index (χ1v) is 16.1. The minimum Gasteiger partial charge on any atom is -0.478 e. The highest BCUT2D eigenvalue weighted by Crippen LogP contribution is 2.25. The maximum absolute atomic E-state index is 12.8. The van der Waals surface area contributed by atoms with Crippen molar-refractivity contribution in [2.45, 2.75) is 57.5 Å². The lowest BCUT2D eigenvalue weighted by molar-refractivity contribution is -0.134. The zero-order valence-electron chi connectivity index (χ0n) is 25.5. The van der Waals surface area contributed by atoms with Gasteiger partial charge in [-0.3, -0.25) is 14.7 Å². The molecule has 2 aliphatic rings. The van der Waals surface area contributed by atoms with Gasteiger partial charge in [0.15, 0.2) is 0 Å². The van der Waals surface area contributed by atoms with Gasteiger partial charge >= 0.3 is 5.97 Å². The second-order valence-corrected chi connectivity index (χ2v) is 13.6. The average Bonchev–Trinajstić information content (AvgIpc) is 2.97. The lowest BCUT2D eigenvalue weighted by Crippen LogP contribution is -2.57. The zero-order chi connectivity index (χ0) is 30.4. The molecule has 2 heterocycles. The van der Waals surface area contributed by atoms with E-state index in [1.807, 2.05) is 24.4 Å². The van der Waals surface area contributed by atoms with Crippen LogP contribution in [0.5, 0.6) is 0 Å². The van der Waals surface area contributed by atoms with Gasteiger partial charge in [-0.15, -0.1) is 0 Å². The number of sulfonamides is 1. The van der Waals surface area contributed by atoms with Crippen LogP contribution in [0.4, 0.5) is 0 Å². The average molecular weight is 596 g/mol. The SMILES string of the molecule is CCN(Cc1ccc(CN2CCN(C3C(C(=O)O)=CC=CN3C(C)C)CC2)cc1)Cc1ccccc1S(=O)(=O)N(C)C. The molecule has 0 amide bonds. The fraction of sp³-hybridized carbons (Fsp3) is 0.469. The van der Waals surface area contributed by atoms with E-state index in [0.717, 1.165) is 51.4 Å². The first-order chi connectivity index (χ1) is 20.0. The first kappa shape index (κ1) is 31.9. The fourth-order valence-corrected chi connectivity index (χ4v) is 6.74. The van der Waals surface area contributed by atoms with Crippen molar-refractivity contribution >= 4 is 16.0 Å². The van der Waals surface area contributed by atoms with Crippen LogP contribution in [0, 0.1) is 0 Å². The van der Waals surface area contributed by atoms with Gasteiger partial charge in [-0.1, -0.05) is 49.4 Å². The molecule has 42 heavy (non-hydrogen) atoms. The number of allylic oxidation sites excluding steroid dienone is 2. The fourth-order valence-electron chi connectivity index (χ4n) is 5.63. The molecule has 0 aromatic heterocycles. The van der Waals surface area contributed by atoms with Gasteiger partial charge in [0.2, 0.25) is 10.0 Å². The molecule has 0 saturated carbocycles. The molecule has 0 spiro atoms. The van der Waals surface area contributed by atoms with E-state index < -0.39 is 16.0 Å². The summed E-state index contributed by atoms with van der Waals surface area (Å²) in [5.74, 6) is -0.859. The van der Waals surface area contributed by atoms with E-state index in [0.29, 0.717) is 17.0 Å². The van der Waals surface area contributed by atoms with Crippen LogP contribution in [0.1, 0.15) is 37.5 Å². The summed E-state index contributed by atoms with van der Waals surface area (Å²) in [5, 5.41) is 9.82. The molecule has 10 heteroatoms. The smallest absolute Gasteiger partial charge is 0.335 e. The molecule has 1 fully saturated rings. The van der Waals surface area contributed by atoms with Crippen molar-refractivity contribution in [1.29, 1.82) is 0 Å². The van der Waals surface area contributed by atoms with Gasteiger partial charge in [-0.05, 0) is 55.3 Å². The Morgan fingerprint density at radius 3 is 2.21 bits per heavy atom. The molecule has 0 aliphatic carbocycles. The number of benzene rings is 2. The Morgan fingerprint density at radius 2 is 1.62 bits per heavy atom. The molecule has 2 aromatic rings. The summed E-state index contributed by atoms with van der Waals surface area (Å²) in [7, 11) is -0.389. The van der Waals surface area contributed by atoms with Crippen molar-refractivity contribution < 1.29 is 18.3 Å². The number of hydrogen-bond donors (Lipinski definition) is 1. The van der Waals surface area contributed by atoms with E-state index in [-0.39, 0.29) is 12.2 Å². The van der Waals surface area contributed by atoms with Gasteiger partial charge in [-0.25, -0.2) is 17.5 Å². The Morgan fingerprint density at radius 1 is 0.976 bits per heavy atom. The van der Waals surface area contributed by atoms with Crippen molar-refractivity contribution in [1.82, 2.24) is 23.9 Å². The van der Waals surface area contributed by atoms with Crippen LogP contribution in [-0.4, -0.2) is 102 Å². The quantitative estimate of drug-likeness (QED) is 0.398. The Kier molecular flexibility index (Phi) is 10.6. The van der Waals surface area contributed by atoms with Crippen LogP contribution in [0.25, 0.3) is 0 Å². The third-order valence-corrected chi connectivity index (χ3v) is 10.0. The zero-order valence-corrected chi connectivity index (χ0v) is 26.3. The Bertz CT molecular complexity index is 1380. The second kappa shape index (κ2) is 14.0. The summed E-state index contributed by atoms with van der Waals surface area (Å²) in [6, 6.07) is 16.1. The van der Waals surface area contributed by atoms with Crippen molar-refractivity contribution in [3.8, 4) is 0 Å². The van der Waals surface area contributed by atoms with Crippen LogP contribution in [0.15, 0.2) is 77.4 Å². The molecule has 2 aromatic carbocycles. The molecular weight excluding hydrogens is 550 g/mol. The molecule has 2 aliphatic heterocycles. The van der Waals surface area contributed by atoms with Gasteiger partial charge in [-0.2, -0.15) is 0 Å². The molecular formula is C32H45N5O4S. The van der Waals surface area contributed by atoms with E-state index in [9.17, 15) is 18.3 Å². The summed E-state index contributed by atoms with van der Waals surface area (Å²) < 4.78 is 26.9. The highest BCUT2D eigenvalue weighted by molar-refractivity contribution is 7.89. The van der Waals surface area contributed by atoms with E-state index in [1.54, 1.807) is 32.3 Å². The third kappa shape index (κ3) is 7.48. The molecule has 228 valence electrons. The summed E-state index contributed by atoms with van der Waals surface area (Å²) >= 11 is 0. The predicted octanol–water partition coefficient (Wildman–Crippen LogP) is 3.65. The highest BCUT2D eigenvalue weighted by Gasteiger charge is 2.35. The highest BCUT2D eigenvalue weighted by atomic mass is 32.2. The summed E-state index contributed by atoms with van der Waals surface area (Å²) in [5.41, 5.74) is 3.66. The van der Waals surface area contributed by atoms with E-state index in [4.69, 9.17) is 0 Å². The second-order valence-electron chi connectivity index (χ2n) is 11.5. The van der Waals surface area contributed by atoms with Crippen molar-refractivity contribution in [3.63, 3.8) is 0 Å². The van der Waals surface area contributed by atoms with Gasteiger partial charge < -0.3 is 10.0 Å². The topological polar surface area (TPSA) is 87.6 Å². The minimum atomic E-state index is -3.51. The monoisotopic (exact) mass is 595 g/mol. The minimum absolute atomic E-state index is 0.204. The number of rotatable bonds is 12. The lowest BCUT2D eigenvalue weighted by Gasteiger charge is -2.46. The Balaban J connectivity index is 1.34. The Hall–Kier alpha value is -3.02. The standard InChI is InChI=1S/C32H45N5O4S/c1-6-34(24-28-10-7-8-12-30(28)42(40,41)33(4)5)22-26-13-15-27(16-14-26)23-35-18-20-36(21-19-35)31-29(32(38)39)11-9-17-37(31)25(2)3/h7-17,25,31H,6,18-24H2,1-5H3,(H,38,39). The molecule has 0 radical (unpaired) electrons. The van der Waals surface area contributed by atoms with Crippen molar-refractivity contribution in [3.05, 3.63) is 89.1 Å². The summed E-state index contributed by atoms with van der Waals surface area (Å²) in [6.45, 7) is 12.6. The van der Waals surface area contributed by atoms with Crippen LogP contribution in [0.3, 0.4) is 0 Å². The number of hydrogen-bond acceptors (Lipinski definition) is 7. The van der Waals surface area contributed by atoms with Crippen LogP contribution in [-0.2, 0) is 34.5 Å². The number of carboxylic acids is 1. The van der Waals surface area contributed by atoms with E-state index >= 15 is 0 Å². The molecule has 0 bridgehead atoms. The van der Waals surface area contributed by atoms with Crippen LogP contribution < -0.4 is 0 Å². The first-order valence-electron chi connectivity index (χ1n) is 14.7. The predicted molar refractivity (Wildman–Crippen MR) is 166 cm³/mol. The van der Waals surface area contributed by atoms with Crippen molar-refractivity contribution in [2.24, 2.45) is 0 Å². The largest absolute Gasteiger partial charge is 0.478 e.